The average molecular weight is 495 g/mol. The van der Waals surface area contributed by atoms with Crippen LogP contribution in [0.2, 0.25) is 0 Å². The van der Waals surface area contributed by atoms with Crippen molar-refractivity contribution in [1.29, 1.82) is 0 Å². The summed E-state index contributed by atoms with van der Waals surface area (Å²) in [7, 11) is 0. The molecular weight excluding hydrogens is 468 g/mol. The van der Waals surface area contributed by atoms with E-state index >= 15 is 0 Å². The van der Waals surface area contributed by atoms with Crippen LogP contribution in [0.25, 0.3) is 10.9 Å². The van der Waals surface area contributed by atoms with Gasteiger partial charge < -0.3 is 9.47 Å². The molecule has 0 saturated carbocycles. The average Bonchev–Trinajstić information content (AvgIpc) is 3.53. The minimum Gasteiger partial charge on any atom is -0.343 e. The van der Waals surface area contributed by atoms with Gasteiger partial charge in [-0.05, 0) is 59.9 Å². The van der Waals surface area contributed by atoms with Crippen LogP contribution in [0.4, 0.5) is 17.6 Å². The van der Waals surface area contributed by atoms with E-state index in [1.807, 2.05) is 35.4 Å². The Morgan fingerprint density at radius 2 is 1.56 bits per heavy atom. The third kappa shape index (κ3) is 5.01. The highest BCUT2D eigenvalue weighted by Gasteiger charge is 2.31. The fraction of sp³-hybridized carbons (Fsp3) is 0.276. The number of benzene rings is 3. The molecule has 7 heteroatoms. The third-order valence-corrected chi connectivity index (χ3v) is 6.94. The monoisotopic (exact) mass is 494 g/mol. The van der Waals surface area contributed by atoms with Crippen LogP contribution in [0.3, 0.4) is 0 Å². The van der Waals surface area contributed by atoms with Gasteiger partial charge in [-0.25, -0.2) is 4.39 Å². The Morgan fingerprint density at radius 3 is 2.22 bits per heavy atom. The first-order chi connectivity index (χ1) is 17.3. The van der Waals surface area contributed by atoms with Gasteiger partial charge in [0.15, 0.2) is 0 Å². The van der Waals surface area contributed by atoms with Crippen molar-refractivity contribution < 1.29 is 22.4 Å². The van der Waals surface area contributed by atoms with E-state index in [9.17, 15) is 22.4 Å². The molecule has 3 aromatic carbocycles. The molecule has 0 unspecified atom stereocenters. The zero-order chi connectivity index (χ0) is 25.3. The molecule has 36 heavy (non-hydrogen) atoms. The molecule has 0 N–H and O–H groups in total. The molecular formula is C29H26F4N2O. The van der Waals surface area contributed by atoms with Gasteiger partial charge in [-0.1, -0.05) is 42.5 Å². The van der Waals surface area contributed by atoms with E-state index in [0.29, 0.717) is 25.2 Å². The number of likely N-dealkylation sites (tertiary alicyclic amines) is 1. The number of rotatable bonds is 6. The Labute approximate surface area is 207 Å². The molecule has 186 valence electrons. The van der Waals surface area contributed by atoms with Gasteiger partial charge in [0.05, 0.1) is 5.56 Å². The number of halogens is 4. The highest BCUT2D eigenvalue weighted by Crippen LogP contribution is 2.37. The third-order valence-electron chi connectivity index (χ3n) is 6.94. The van der Waals surface area contributed by atoms with Crippen LogP contribution in [-0.2, 0) is 17.5 Å². The summed E-state index contributed by atoms with van der Waals surface area (Å²) in [6, 6.07) is 19.2. The normalized spacial score (nSPS) is 14.9. The van der Waals surface area contributed by atoms with Crippen LogP contribution in [0.1, 0.15) is 47.4 Å². The Balaban J connectivity index is 1.57. The first-order valence-electron chi connectivity index (χ1n) is 12.1. The van der Waals surface area contributed by atoms with Gasteiger partial charge in [0.1, 0.15) is 5.82 Å². The molecule has 2 heterocycles. The lowest BCUT2D eigenvalue weighted by molar-refractivity contribution is -0.137. The molecule has 0 spiro atoms. The Kier molecular flexibility index (Phi) is 6.56. The van der Waals surface area contributed by atoms with Crippen molar-refractivity contribution in [3.63, 3.8) is 0 Å². The van der Waals surface area contributed by atoms with Gasteiger partial charge in [-0.15, -0.1) is 0 Å². The van der Waals surface area contributed by atoms with Crippen LogP contribution in [-0.4, -0.2) is 28.5 Å². The minimum atomic E-state index is -4.43. The van der Waals surface area contributed by atoms with E-state index in [4.69, 9.17) is 0 Å². The predicted molar refractivity (Wildman–Crippen MR) is 131 cm³/mol. The van der Waals surface area contributed by atoms with Gasteiger partial charge >= 0.3 is 6.18 Å². The number of nitrogens with zero attached hydrogens (tertiary/aromatic N) is 2. The molecule has 5 rings (SSSR count). The number of para-hydroxylation sites is 1. The Morgan fingerprint density at radius 1 is 0.889 bits per heavy atom. The molecule has 3 nitrogen and oxygen atoms in total. The van der Waals surface area contributed by atoms with Crippen LogP contribution >= 0.6 is 0 Å². The Bertz CT molecular complexity index is 1350. The lowest BCUT2D eigenvalue weighted by atomic mass is 9.87. The summed E-state index contributed by atoms with van der Waals surface area (Å²) in [5.41, 5.74) is 2.71. The van der Waals surface area contributed by atoms with E-state index in [0.717, 1.165) is 47.0 Å². The summed E-state index contributed by atoms with van der Waals surface area (Å²) in [5, 5.41) is 0.943. The summed E-state index contributed by atoms with van der Waals surface area (Å²) in [4.78, 5) is 15.0. The second-order valence-electron chi connectivity index (χ2n) is 9.32. The summed E-state index contributed by atoms with van der Waals surface area (Å²) >= 11 is 0. The molecule has 1 fully saturated rings. The van der Waals surface area contributed by atoms with Crippen LogP contribution < -0.4 is 0 Å². The van der Waals surface area contributed by atoms with Crippen LogP contribution in [0.15, 0.2) is 79.0 Å². The predicted octanol–water partition coefficient (Wildman–Crippen LogP) is 6.99. The summed E-state index contributed by atoms with van der Waals surface area (Å²) in [6.45, 7) is 1.93. The fourth-order valence-corrected chi connectivity index (χ4v) is 5.05. The summed E-state index contributed by atoms with van der Waals surface area (Å²) < 4.78 is 55.1. The fourth-order valence-electron chi connectivity index (χ4n) is 5.05. The second kappa shape index (κ2) is 9.80. The van der Waals surface area contributed by atoms with Gasteiger partial charge in [-0.3, -0.25) is 4.79 Å². The van der Waals surface area contributed by atoms with Crippen molar-refractivity contribution in [3.8, 4) is 0 Å². The zero-order valence-electron chi connectivity index (χ0n) is 19.6. The number of alkyl halides is 3. The standard InChI is InChI=1S/C29H26F4N2O/c30-23-13-7-20(8-14-23)18-35-19-26(24-5-1-2-6-27(24)35)25(17-28(36)34-15-3-4-16-34)21-9-11-22(12-10-21)29(31,32)33/h1-2,5-14,19,25H,3-4,15-18H2/t25-/m1/s1. The maximum Gasteiger partial charge on any atom is 0.416 e. The topological polar surface area (TPSA) is 25.2 Å². The SMILES string of the molecule is O=C(C[C@H](c1ccc(C(F)(F)F)cc1)c1cn(Cc2ccc(F)cc2)c2ccccc12)N1CCCC1. The van der Waals surface area contributed by atoms with Crippen molar-refractivity contribution in [2.24, 2.45) is 0 Å². The molecule has 1 aliphatic heterocycles. The van der Waals surface area contributed by atoms with Gasteiger partial charge in [-0.2, -0.15) is 13.2 Å². The van der Waals surface area contributed by atoms with Crippen molar-refractivity contribution >= 4 is 16.8 Å². The lowest BCUT2D eigenvalue weighted by Crippen LogP contribution is -2.29. The van der Waals surface area contributed by atoms with E-state index in [-0.39, 0.29) is 18.1 Å². The Hall–Kier alpha value is -3.61. The minimum absolute atomic E-state index is 0.00719. The number of carbonyl (C=O) groups is 1. The van der Waals surface area contributed by atoms with E-state index in [2.05, 4.69) is 4.57 Å². The quantitative estimate of drug-likeness (QED) is 0.265. The van der Waals surface area contributed by atoms with Gasteiger partial charge in [0.2, 0.25) is 5.91 Å². The van der Waals surface area contributed by atoms with E-state index in [1.165, 1.54) is 24.3 Å². The summed E-state index contributed by atoms with van der Waals surface area (Å²) in [5.74, 6) is -0.702. The van der Waals surface area contributed by atoms with Crippen molar-refractivity contribution in [2.75, 3.05) is 13.1 Å². The van der Waals surface area contributed by atoms with Gasteiger partial charge in [0.25, 0.3) is 0 Å². The maximum absolute atomic E-state index is 13.4. The number of hydrogen-bond donors (Lipinski definition) is 0. The zero-order valence-corrected chi connectivity index (χ0v) is 19.6. The second-order valence-corrected chi connectivity index (χ2v) is 9.32. The highest BCUT2D eigenvalue weighted by atomic mass is 19.4. The molecule has 1 atom stereocenters. The largest absolute Gasteiger partial charge is 0.416 e. The number of hydrogen-bond acceptors (Lipinski definition) is 1. The molecule has 1 saturated heterocycles. The molecule has 1 aromatic heterocycles. The molecule has 4 aromatic rings. The number of carbonyl (C=O) groups excluding carboxylic acids is 1. The number of fused-ring (bicyclic) bond motifs is 1. The van der Waals surface area contributed by atoms with Crippen molar-refractivity contribution in [2.45, 2.75) is 37.9 Å². The van der Waals surface area contributed by atoms with Crippen LogP contribution in [0.5, 0.6) is 0 Å². The van der Waals surface area contributed by atoms with E-state index < -0.39 is 17.7 Å². The highest BCUT2D eigenvalue weighted by molar-refractivity contribution is 5.87. The first kappa shape index (κ1) is 24.1. The van der Waals surface area contributed by atoms with Gasteiger partial charge in [0, 0.05) is 49.1 Å². The molecule has 0 bridgehead atoms. The lowest BCUT2D eigenvalue weighted by Gasteiger charge is -2.22. The number of amides is 1. The molecule has 0 radical (unpaired) electrons. The summed E-state index contributed by atoms with van der Waals surface area (Å²) in [6.07, 6.45) is -0.338. The van der Waals surface area contributed by atoms with Crippen LogP contribution in [0, 0.1) is 5.82 Å². The first-order valence-corrected chi connectivity index (χ1v) is 12.1. The molecule has 1 amide bonds. The van der Waals surface area contributed by atoms with Crippen molar-refractivity contribution in [3.05, 3.63) is 107 Å². The van der Waals surface area contributed by atoms with Crippen molar-refractivity contribution in [1.82, 2.24) is 9.47 Å². The smallest absolute Gasteiger partial charge is 0.343 e. The van der Waals surface area contributed by atoms with E-state index in [1.54, 1.807) is 12.1 Å². The molecule has 0 aliphatic carbocycles. The number of aromatic nitrogens is 1. The molecule has 1 aliphatic rings. The maximum atomic E-state index is 13.4.